The van der Waals surface area contributed by atoms with Gasteiger partial charge in [-0.3, -0.25) is 9.98 Å². The zero-order valence-electron chi connectivity index (χ0n) is 24.4. The molecule has 0 radical (unpaired) electrons. The first kappa shape index (κ1) is 27.4. The molecule has 0 amide bonds. The first-order chi connectivity index (χ1) is 19.3. The summed E-state index contributed by atoms with van der Waals surface area (Å²) in [6, 6.07) is 4.89. The highest BCUT2D eigenvalue weighted by atomic mass is 16.4. The van der Waals surface area contributed by atoms with E-state index in [2.05, 4.69) is 56.5 Å². The highest BCUT2D eigenvalue weighted by Crippen LogP contribution is 2.32. The van der Waals surface area contributed by atoms with Crippen molar-refractivity contribution in [2.24, 2.45) is 9.98 Å². The van der Waals surface area contributed by atoms with Gasteiger partial charge in [-0.25, -0.2) is 4.79 Å². The van der Waals surface area contributed by atoms with E-state index in [1.54, 1.807) is 18.2 Å². The quantitative estimate of drug-likeness (QED) is 0.190. The van der Waals surface area contributed by atoms with Crippen LogP contribution in [0.25, 0.3) is 0 Å². The van der Waals surface area contributed by atoms with Gasteiger partial charge in [-0.2, -0.15) is 0 Å². The van der Waals surface area contributed by atoms with Crippen LogP contribution in [-0.2, 0) is 38.5 Å². The number of fused-ring (bicyclic) bond motifs is 7. The van der Waals surface area contributed by atoms with Gasteiger partial charge in [-0.1, -0.05) is 27.7 Å². The third kappa shape index (κ3) is 4.85. The molecule has 0 atom stereocenters. The Morgan fingerprint density at radius 2 is 1.15 bits per heavy atom. The van der Waals surface area contributed by atoms with Crippen molar-refractivity contribution in [2.75, 3.05) is 0 Å². The lowest BCUT2D eigenvalue weighted by Crippen LogP contribution is -1.98. The number of aromatic amines is 3. The van der Waals surface area contributed by atoms with Crippen molar-refractivity contribution in [3.8, 4) is 0 Å². The number of nitrogens with one attached hydrogen (secondary N) is 3. The maximum absolute atomic E-state index is 11.7. The predicted octanol–water partition coefficient (Wildman–Crippen LogP) is 7.23. The number of hydrogen-bond donors (Lipinski definition) is 4. The van der Waals surface area contributed by atoms with Crippen LogP contribution >= 0.6 is 0 Å². The lowest BCUT2D eigenvalue weighted by atomic mass is 9.98. The Hall–Kier alpha value is -4.13. The molecule has 3 aromatic heterocycles. The van der Waals surface area contributed by atoms with Gasteiger partial charge in [-0.05, 0) is 91.1 Å². The molecule has 7 nitrogen and oxygen atoms in total. The van der Waals surface area contributed by atoms with Gasteiger partial charge in [0, 0.05) is 35.6 Å². The summed E-state index contributed by atoms with van der Waals surface area (Å²) in [7, 11) is 0. The van der Waals surface area contributed by atoms with Crippen molar-refractivity contribution in [1.82, 2.24) is 15.0 Å². The average molecular weight is 538 g/mol. The van der Waals surface area contributed by atoms with Crippen molar-refractivity contribution in [2.45, 2.75) is 80.1 Å². The van der Waals surface area contributed by atoms with Crippen LogP contribution in [-0.4, -0.2) is 38.5 Å². The zero-order chi connectivity index (χ0) is 28.6. The molecule has 208 valence electrons. The number of carbonyl (C=O) groups is 1. The molecule has 0 aliphatic carbocycles. The molecule has 5 rings (SSSR count). The Labute approximate surface area is 235 Å². The molecule has 4 heterocycles. The molecule has 0 saturated heterocycles. The van der Waals surface area contributed by atoms with Crippen molar-refractivity contribution >= 4 is 29.8 Å². The second-order valence-corrected chi connectivity index (χ2v) is 10.6. The minimum Gasteiger partial charge on any atom is -0.478 e. The third-order valence-electron chi connectivity index (χ3n) is 8.42. The van der Waals surface area contributed by atoms with Gasteiger partial charge in [0.15, 0.2) is 0 Å². The zero-order valence-corrected chi connectivity index (χ0v) is 24.4. The van der Waals surface area contributed by atoms with Crippen LogP contribution in [0.4, 0.5) is 11.4 Å². The second-order valence-electron chi connectivity index (χ2n) is 10.6. The maximum atomic E-state index is 11.7. The summed E-state index contributed by atoms with van der Waals surface area (Å²) in [5, 5.41) is 9.61. The first-order valence-corrected chi connectivity index (χ1v) is 14.4. The summed E-state index contributed by atoms with van der Waals surface area (Å²) < 4.78 is 0. The van der Waals surface area contributed by atoms with Crippen LogP contribution in [0.5, 0.6) is 0 Å². The lowest BCUT2D eigenvalue weighted by molar-refractivity contribution is 0.0697. The SMILES string of the molecule is CCc1c2[nH]c(c1C)/C=N/c1ccc(C(=O)O)cc1/N=C/c1[nH]c(c(CC)c1C)Cc1[nH]c(c(CC)c1CC)C2. The summed E-state index contributed by atoms with van der Waals surface area (Å²) in [6.07, 6.45) is 9.07. The highest BCUT2D eigenvalue weighted by molar-refractivity contribution is 5.92. The van der Waals surface area contributed by atoms with E-state index in [1.807, 2.05) is 12.4 Å². The molecule has 1 aliphatic heterocycles. The van der Waals surface area contributed by atoms with Gasteiger partial charge in [-0.15, -0.1) is 0 Å². The van der Waals surface area contributed by atoms with Gasteiger partial charge in [0.05, 0.1) is 40.8 Å². The molecule has 0 unspecified atom stereocenters. The van der Waals surface area contributed by atoms with Crippen LogP contribution < -0.4 is 0 Å². The smallest absolute Gasteiger partial charge is 0.335 e. The number of carboxylic acid groups (broad SMARTS) is 1. The number of aromatic nitrogens is 3. The van der Waals surface area contributed by atoms with E-state index >= 15 is 0 Å². The number of rotatable bonds is 5. The fourth-order valence-electron chi connectivity index (χ4n) is 6.30. The lowest BCUT2D eigenvalue weighted by Gasteiger charge is -2.06. The fourth-order valence-corrected chi connectivity index (χ4v) is 6.30. The number of carboxylic acids is 1. The Bertz CT molecular complexity index is 1640. The van der Waals surface area contributed by atoms with Crippen molar-refractivity contribution in [3.05, 3.63) is 91.3 Å². The van der Waals surface area contributed by atoms with Gasteiger partial charge < -0.3 is 20.1 Å². The van der Waals surface area contributed by atoms with E-state index in [9.17, 15) is 9.90 Å². The molecule has 1 aromatic carbocycles. The summed E-state index contributed by atoms with van der Waals surface area (Å²) in [6.45, 7) is 13.1. The minimum absolute atomic E-state index is 0.183. The number of benzene rings is 1. The molecule has 0 saturated carbocycles. The Balaban J connectivity index is 1.75. The van der Waals surface area contributed by atoms with E-state index in [0.717, 1.165) is 49.9 Å². The number of hydrogen-bond acceptors (Lipinski definition) is 3. The molecule has 0 fully saturated rings. The minimum atomic E-state index is -0.988. The van der Waals surface area contributed by atoms with Gasteiger partial charge in [0.25, 0.3) is 0 Å². The van der Waals surface area contributed by atoms with Crippen molar-refractivity contribution in [3.63, 3.8) is 0 Å². The van der Waals surface area contributed by atoms with E-state index in [0.29, 0.717) is 11.4 Å². The second kappa shape index (κ2) is 11.2. The van der Waals surface area contributed by atoms with Gasteiger partial charge >= 0.3 is 5.97 Å². The predicted molar refractivity (Wildman–Crippen MR) is 163 cm³/mol. The summed E-state index contributed by atoms with van der Waals surface area (Å²) in [5.41, 5.74) is 16.0. The average Bonchev–Trinajstić information content (AvgIpc) is 3.54. The molecule has 7 heteroatoms. The van der Waals surface area contributed by atoms with Crippen LogP contribution in [0.15, 0.2) is 28.2 Å². The topological polar surface area (TPSA) is 109 Å². The van der Waals surface area contributed by atoms with Crippen LogP contribution in [0.3, 0.4) is 0 Å². The van der Waals surface area contributed by atoms with E-state index in [4.69, 9.17) is 9.98 Å². The van der Waals surface area contributed by atoms with Crippen LogP contribution in [0.1, 0.15) is 106 Å². The Morgan fingerprint density at radius 3 is 1.60 bits per heavy atom. The van der Waals surface area contributed by atoms with E-state index in [1.165, 1.54) is 56.2 Å². The number of aromatic carboxylic acids is 1. The van der Waals surface area contributed by atoms with Crippen molar-refractivity contribution < 1.29 is 9.90 Å². The van der Waals surface area contributed by atoms with Crippen LogP contribution in [0.2, 0.25) is 0 Å². The van der Waals surface area contributed by atoms with Gasteiger partial charge in [0.1, 0.15) is 0 Å². The van der Waals surface area contributed by atoms with Gasteiger partial charge in [0.2, 0.25) is 0 Å². The largest absolute Gasteiger partial charge is 0.478 e. The standard InChI is InChI=1S/C33H39N5O2/c1-7-21-18(5)31-16-34-25-12-11-20(33(39)40)13-30(25)35-17-32-19(6)22(8-2)27(38-32)15-29-24(10-4)23(9-3)28(36-29)14-26(21)37-31/h11-13,16-17,36-38H,7-10,14-15H2,1-6H3,(H,39,40)/b34-16+,35-17+. The summed E-state index contributed by atoms with van der Waals surface area (Å²) in [5.74, 6) is -0.988. The third-order valence-corrected chi connectivity index (χ3v) is 8.42. The fraction of sp³-hybridized carbons (Fsp3) is 0.364. The maximum Gasteiger partial charge on any atom is 0.335 e. The molecule has 1 aliphatic rings. The summed E-state index contributed by atoms with van der Waals surface area (Å²) >= 11 is 0. The first-order valence-electron chi connectivity index (χ1n) is 14.4. The molecule has 40 heavy (non-hydrogen) atoms. The monoisotopic (exact) mass is 537 g/mol. The normalized spacial score (nSPS) is 14.6. The molecule has 6 bridgehead atoms. The highest BCUT2D eigenvalue weighted by Gasteiger charge is 2.21. The molecule has 4 aromatic rings. The molecule has 4 N–H and O–H groups in total. The van der Waals surface area contributed by atoms with E-state index < -0.39 is 5.97 Å². The molecular weight excluding hydrogens is 498 g/mol. The number of aliphatic imine (C=N–C) groups is 2. The molecule has 0 spiro atoms. The Morgan fingerprint density at radius 1 is 0.700 bits per heavy atom. The van der Waals surface area contributed by atoms with Crippen LogP contribution in [0, 0.1) is 13.8 Å². The van der Waals surface area contributed by atoms with E-state index in [-0.39, 0.29) is 5.56 Å². The van der Waals surface area contributed by atoms with Crippen molar-refractivity contribution in [1.29, 1.82) is 0 Å². The number of nitrogens with zero attached hydrogens (tertiary/aromatic N) is 2. The Kier molecular flexibility index (Phi) is 7.66. The number of H-pyrrole nitrogens is 3. The summed E-state index contributed by atoms with van der Waals surface area (Å²) in [4.78, 5) is 32.4. The molecular formula is C33H39N5O2.